The number of nitrogens with zero attached hydrogens (tertiary/aromatic N) is 2. The first kappa shape index (κ1) is 23.7. The average Bonchev–Trinajstić information content (AvgIpc) is 3.33. The summed E-state index contributed by atoms with van der Waals surface area (Å²) in [6.45, 7) is -0.327. The minimum absolute atomic E-state index is 0.0186. The van der Waals surface area contributed by atoms with Gasteiger partial charge in [-0.25, -0.2) is 8.78 Å². The Labute approximate surface area is 208 Å². The summed E-state index contributed by atoms with van der Waals surface area (Å²) in [6.07, 6.45) is 2.03. The van der Waals surface area contributed by atoms with E-state index in [1.54, 1.807) is 6.07 Å². The van der Waals surface area contributed by atoms with Crippen LogP contribution in [0.3, 0.4) is 0 Å². The molecule has 3 saturated carbocycles. The summed E-state index contributed by atoms with van der Waals surface area (Å²) in [5.41, 5.74) is -1.23. The van der Waals surface area contributed by atoms with Crippen LogP contribution < -0.4 is 10.1 Å². The lowest BCUT2D eigenvalue weighted by atomic mass is 9.56. The molecule has 0 atom stereocenters. The highest BCUT2D eigenvalue weighted by atomic mass is 35.5. The molecule has 0 spiro atoms. The van der Waals surface area contributed by atoms with Gasteiger partial charge in [0.25, 0.3) is 5.91 Å². The van der Waals surface area contributed by atoms with E-state index < -0.39 is 28.5 Å². The first-order valence-electron chi connectivity index (χ1n) is 10.9. The summed E-state index contributed by atoms with van der Waals surface area (Å²) < 4.78 is 38.2. The van der Waals surface area contributed by atoms with Gasteiger partial charge in [0.2, 0.25) is 11.7 Å². The van der Waals surface area contributed by atoms with E-state index in [9.17, 15) is 18.4 Å². The van der Waals surface area contributed by atoms with Crippen molar-refractivity contribution >= 4 is 34.9 Å². The van der Waals surface area contributed by atoms with Crippen LogP contribution in [0.1, 0.15) is 38.0 Å². The van der Waals surface area contributed by atoms with Crippen LogP contribution in [0.2, 0.25) is 10.0 Å². The summed E-state index contributed by atoms with van der Waals surface area (Å²) in [6, 6.07) is 8.09. The number of carbonyl (C=O) groups excluding carboxylic acids is 2. The first-order valence-corrected chi connectivity index (χ1v) is 11.7. The van der Waals surface area contributed by atoms with Crippen molar-refractivity contribution in [1.29, 1.82) is 0 Å². The summed E-state index contributed by atoms with van der Waals surface area (Å²) >= 11 is 11.4. The quantitative estimate of drug-likeness (QED) is 0.488. The number of hydrogen-bond donors (Lipinski definition) is 1. The third-order valence-corrected chi connectivity index (χ3v) is 7.39. The van der Waals surface area contributed by atoms with E-state index in [2.05, 4.69) is 15.5 Å². The maximum atomic E-state index is 13.8. The number of aromatic nitrogens is 2. The number of halogens is 4. The lowest BCUT2D eigenvalue weighted by Gasteiger charge is -2.50. The van der Waals surface area contributed by atoms with Crippen molar-refractivity contribution in [3.8, 4) is 17.1 Å². The Morgan fingerprint density at radius 1 is 1.06 bits per heavy atom. The number of rotatable bonds is 6. The van der Waals surface area contributed by atoms with Crippen LogP contribution in [-0.4, -0.2) is 34.0 Å². The Kier molecular flexibility index (Phi) is 6.01. The molecule has 7 nitrogen and oxygen atoms in total. The normalized spacial score (nSPS) is 23.4. The molecule has 2 bridgehead atoms. The van der Waals surface area contributed by atoms with E-state index in [4.69, 9.17) is 32.5 Å². The molecule has 0 aliphatic heterocycles. The fraction of sp³-hybridized carbons (Fsp3) is 0.333. The van der Waals surface area contributed by atoms with E-state index in [0.717, 1.165) is 6.07 Å². The first-order chi connectivity index (χ1) is 16.7. The predicted molar refractivity (Wildman–Crippen MR) is 122 cm³/mol. The van der Waals surface area contributed by atoms with E-state index in [0.29, 0.717) is 31.2 Å². The van der Waals surface area contributed by atoms with Gasteiger partial charge in [-0.3, -0.25) is 9.59 Å². The zero-order chi connectivity index (χ0) is 24.8. The van der Waals surface area contributed by atoms with Crippen LogP contribution in [0.25, 0.3) is 11.4 Å². The number of fused-ring (bicyclic) bond motifs is 3. The van der Waals surface area contributed by atoms with E-state index in [1.165, 1.54) is 24.3 Å². The molecule has 1 amide bonds. The topological polar surface area (TPSA) is 94.3 Å². The predicted octanol–water partition coefficient (Wildman–Crippen LogP) is 5.04. The third kappa shape index (κ3) is 4.38. The van der Waals surface area contributed by atoms with Crippen LogP contribution in [-0.2, 0) is 15.0 Å². The van der Waals surface area contributed by atoms with Crippen molar-refractivity contribution < 1.29 is 27.6 Å². The molecule has 1 N–H and O–H groups in total. The van der Waals surface area contributed by atoms with Crippen LogP contribution in [0.15, 0.2) is 40.9 Å². The molecule has 2 aromatic carbocycles. The number of nitrogens with one attached hydrogen (secondary N) is 1. The Morgan fingerprint density at radius 2 is 1.74 bits per heavy atom. The van der Waals surface area contributed by atoms with Crippen LogP contribution in [0.5, 0.6) is 5.75 Å². The Bertz CT molecular complexity index is 1320. The summed E-state index contributed by atoms with van der Waals surface area (Å²) in [7, 11) is 0. The number of amides is 1. The molecule has 3 aromatic rings. The molecule has 3 aliphatic carbocycles. The second-order valence-electron chi connectivity index (χ2n) is 8.93. The number of ether oxygens (including phenoxy) is 1. The molecule has 182 valence electrons. The highest BCUT2D eigenvalue weighted by Crippen LogP contribution is 2.51. The van der Waals surface area contributed by atoms with Gasteiger partial charge in [-0.2, -0.15) is 4.98 Å². The largest absolute Gasteiger partial charge is 0.484 e. The zero-order valence-electron chi connectivity index (χ0n) is 18.2. The monoisotopic (exact) mass is 521 g/mol. The molecule has 1 heterocycles. The fourth-order valence-corrected chi connectivity index (χ4v) is 5.04. The lowest BCUT2D eigenvalue weighted by Crippen LogP contribution is -2.62. The maximum absolute atomic E-state index is 13.8. The third-order valence-electron chi connectivity index (χ3n) is 6.77. The van der Waals surface area contributed by atoms with Crippen molar-refractivity contribution in [2.24, 2.45) is 0 Å². The second-order valence-corrected chi connectivity index (χ2v) is 9.74. The van der Waals surface area contributed by atoms with Gasteiger partial charge in [-0.15, -0.1) is 0 Å². The summed E-state index contributed by atoms with van der Waals surface area (Å²) in [5, 5.41) is 6.81. The highest BCUT2D eigenvalue weighted by Gasteiger charge is 2.58. The standard InChI is InChI=1S/C24H19Cl2F2N3O4/c25-15-3-1-13(9-17(15)27)21-29-22(35-31-21)24-7-5-23(6-8-24,11-19(24)32)30-20(33)12-34-14-2-4-16(26)18(28)10-14/h1-4,9-10H,5-8,11-12H2,(H,30,33). The van der Waals surface area contributed by atoms with Gasteiger partial charge in [0, 0.05) is 23.6 Å². The Hall–Kier alpha value is -3.04. The molecule has 0 radical (unpaired) electrons. The van der Waals surface area contributed by atoms with Crippen LogP contribution >= 0.6 is 23.2 Å². The van der Waals surface area contributed by atoms with Gasteiger partial charge < -0.3 is 14.6 Å². The molecule has 11 heteroatoms. The lowest BCUT2D eigenvalue weighted by molar-refractivity contribution is -0.138. The Morgan fingerprint density at radius 3 is 2.40 bits per heavy atom. The molecule has 0 saturated heterocycles. The molecule has 35 heavy (non-hydrogen) atoms. The van der Waals surface area contributed by atoms with Crippen molar-refractivity contribution in [2.45, 2.75) is 43.1 Å². The number of carbonyl (C=O) groups is 2. The average molecular weight is 522 g/mol. The van der Waals surface area contributed by atoms with Crippen molar-refractivity contribution in [1.82, 2.24) is 15.5 Å². The maximum Gasteiger partial charge on any atom is 0.258 e. The van der Waals surface area contributed by atoms with E-state index in [-0.39, 0.29) is 46.3 Å². The molecule has 1 aromatic heterocycles. The molecule has 0 unspecified atom stereocenters. The van der Waals surface area contributed by atoms with E-state index >= 15 is 0 Å². The minimum Gasteiger partial charge on any atom is -0.484 e. The van der Waals surface area contributed by atoms with Crippen LogP contribution in [0, 0.1) is 11.6 Å². The van der Waals surface area contributed by atoms with Gasteiger partial charge in [-0.1, -0.05) is 28.4 Å². The van der Waals surface area contributed by atoms with Gasteiger partial charge in [-0.05, 0) is 56.0 Å². The highest BCUT2D eigenvalue weighted by molar-refractivity contribution is 6.31. The number of hydrogen-bond acceptors (Lipinski definition) is 6. The summed E-state index contributed by atoms with van der Waals surface area (Å²) in [4.78, 5) is 30.2. The van der Waals surface area contributed by atoms with Crippen molar-refractivity contribution in [3.63, 3.8) is 0 Å². The molecular weight excluding hydrogens is 503 g/mol. The zero-order valence-corrected chi connectivity index (χ0v) is 19.8. The number of benzene rings is 2. The summed E-state index contributed by atoms with van der Waals surface area (Å²) in [5.74, 6) is -1.22. The molecule has 3 aliphatic rings. The van der Waals surface area contributed by atoms with Gasteiger partial charge >= 0.3 is 0 Å². The Balaban J connectivity index is 1.25. The number of ketones is 1. The fourth-order valence-electron chi connectivity index (χ4n) is 4.81. The minimum atomic E-state index is -0.931. The SMILES string of the molecule is O=C(COc1ccc(Cl)c(F)c1)NC12CCC(c3nc(-c4ccc(Cl)c(F)c4)no3)(CC1)C(=O)C2. The van der Waals surface area contributed by atoms with Crippen LogP contribution in [0.4, 0.5) is 8.78 Å². The van der Waals surface area contributed by atoms with Gasteiger partial charge in [0.1, 0.15) is 22.8 Å². The second kappa shape index (κ2) is 8.87. The van der Waals surface area contributed by atoms with Gasteiger partial charge in [0.15, 0.2) is 12.4 Å². The van der Waals surface area contributed by atoms with Crippen molar-refractivity contribution in [2.75, 3.05) is 6.61 Å². The molecule has 3 fully saturated rings. The van der Waals surface area contributed by atoms with Crippen molar-refractivity contribution in [3.05, 3.63) is 64.0 Å². The molecular formula is C24H19Cl2F2N3O4. The smallest absolute Gasteiger partial charge is 0.258 e. The van der Waals surface area contributed by atoms with E-state index in [1.807, 2.05) is 0 Å². The number of Topliss-reactive ketones (excluding diaryl/α,β-unsaturated/α-hetero) is 1. The molecule has 6 rings (SSSR count). The van der Waals surface area contributed by atoms with Gasteiger partial charge in [0.05, 0.1) is 10.0 Å².